The average molecular weight is 369 g/mol. The Bertz CT molecular complexity index is 971. The van der Waals surface area contributed by atoms with Gasteiger partial charge in [-0.25, -0.2) is 0 Å². The summed E-state index contributed by atoms with van der Waals surface area (Å²) in [6.45, 7) is 5.47. The number of nitrogens with zero attached hydrogens (tertiary/aromatic N) is 2. The van der Waals surface area contributed by atoms with Crippen LogP contribution in [0.25, 0.3) is 10.2 Å². The minimum Gasteiger partial charge on any atom is -0.383 e. The third-order valence-electron chi connectivity index (χ3n) is 4.32. The highest BCUT2D eigenvalue weighted by Crippen LogP contribution is 2.23. The van der Waals surface area contributed by atoms with Crippen LogP contribution in [0.4, 0.5) is 0 Å². The van der Waals surface area contributed by atoms with Crippen LogP contribution in [-0.4, -0.2) is 24.2 Å². The number of fused-ring (bicyclic) bond motifs is 1. The highest BCUT2D eigenvalue weighted by molar-refractivity contribution is 7.16. The van der Waals surface area contributed by atoms with E-state index in [1.165, 1.54) is 11.1 Å². The Morgan fingerprint density at radius 2 is 1.96 bits per heavy atom. The van der Waals surface area contributed by atoms with Crippen LogP contribution in [0, 0.1) is 13.8 Å². The summed E-state index contributed by atoms with van der Waals surface area (Å²) >= 11 is 1.57. The van der Waals surface area contributed by atoms with Gasteiger partial charge in [-0.15, -0.1) is 0 Å². The molecule has 0 spiro atoms. The fraction of sp³-hybridized carbons (Fsp3) is 0.333. The lowest BCUT2D eigenvalue weighted by molar-refractivity contribution is -0.118. The van der Waals surface area contributed by atoms with Crippen molar-refractivity contribution < 1.29 is 9.53 Å². The second kappa shape index (κ2) is 8.43. The van der Waals surface area contributed by atoms with Crippen LogP contribution in [0.15, 0.2) is 47.5 Å². The summed E-state index contributed by atoms with van der Waals surface area (Å²) in [4.78, 5) is 17.6. The van der Waals surface area contributed by atoms with E-state index in [9.17, 15) is 4.79 Å². The van der Waals surface area contributed by atoms with E-state index in [0.717, 1.165) is 20.6 Å². The first-order chi connectivity index (χ1) is 12.6. The summed E-state index contributed by atoms with van der Waals surface area (Å²) in [6.07, 6.45) is 1.13. The molecule has 0 aliphatic heterocycles. The molecular weight excluding hydrogens is 344 g/mol. The first-order valence-electron chi connectivity index (χ1n) is 8.79. The number of benzene rings is 2. The van der Waals surface area contributed by atoms with Crippen molar-refractivity contribution in [1.29, 1.82) is 0 Å². The Kier molecular flexibility index (Phi) is 6.01. The van der Waals surface area contributed by atoms with Crippen LogP contribution in [-0.2, 0) is 22.5 Å². The zero-order valence-corrected chi connectivity index (χ0v) is 16.3. The number of thiazole rings is 1. The van der Waals surface area contributed by atoms with Gasteiger partial charge in [-0.3, -0.25) is 4.79 Å². The maximum absolute atomic E-state index is 12.4. The van der Waals surface area contributed by atoms with E-state index in [0.29, 0.717) is 26.0 Å². The Hall–Kier alpha value is -2.24. The number of aromatic nitrogens is 1. The molecule has 1 aromatic heterocycles. The number of carbonyl (C=O) groups is 1. The molecule has 0 aliphatic carbocycles. The van der Waals surface area contributed by atoms with Crippen LogP contribution >= 0.6 is 11.3 Å². The van der Waals surface area contributed by atoms with Crippen molar-refractivity contribution in [3.63, 3.8) is 0 Å². The Labute approximate surface area is 157 Å². The number of hydrogen-bond acceptors (Lipinski definition) is 3. The quantitative estimate of drug-likeness (QED) is 0.659. The monoisotopic (exact) mass is 368 g/mol. The zero-order valence-electron chi connectivity index (χ0n) is 15.5. The van der Waals surface area contributed by atoms with Gasteiger partial charge in [0, 0.05) is 20.1 Å². The summed E-state index contributed by atoms with van der Waals surface area (Å²) in [5.74, 6) is -0.0825. The van der Waals surface area contributed by atoms with Crippen molar-refractivity contribution in [2.75, 3.05) is 13.7 Å². The van der Waals surface area contributed by atoms with Gasteiger partial charge in [-0.05, 0) is 43.0 Å². The Morgan fingerprint density at radius 1 is 1.19 bits per heavy atom. The zero-order chi connectivity index (χ0) is 18.5. The van der Waals surface area contributed by atoms with Crippen LogP contribution in [0.2, 0.25) is 0 Å². The topological polar surface area (TPSA) is 43.6 Å². The highest BCUT2D eigenvalue weighted by Gasteiger charge is 2.11. The van der Waals surface area contributed by atoms with Gasteiger partial charge in [0.2, 0.25) is 5.91 Å². The molecule has 5 heteroatoms. The van der Waals surface area contributed by atoms with Gasteiger partial charge in [0.25, 0.3) is 0 Å². The minimum absolute atomic E-state index is 0.0825. The van der Waals surface area contributed by atoms with Crippen LogP contribution in [0.5, 0.6) is 0 Å². The average Bonchev–Trinajstić information content (AvgIpc) is 2.96. The van der Waals surface area contributed by atoms with E-state index in [2.05, 4.69) is 35.5 Å². The van der Waals surface area contributed by atoms with E-state index in [1.54, 1.807) is 18.4 Å². The first kappa shape index (κ1) is 18.5. The lowest BCUT2D eigenvalue weighted by Gasteiger charge is -2.07. The standard InChI is InChI=1S/C21H24N2O2S/c1-15-13-16(2)20-18(14-15)26-21(23(20)11-12-25-3)22-19(24)10-9-17-7-5-4-6-8-17/h4-8,13-14H,9-12H2,1-3H3. The summed E-state index contributed by atoms with van der Waals surface area (Å²) in [5.41, 5.74) is 4.72. The number of amides is 1. The molecule has 136 valence electrons. The van der Waals surface area contributed by atoms with Gasteiger partial charge in [-0.1, -0.05) is 47.7 Å². The molecule has 0 unspecified atom stereocenters. The van der Waals surface area contributed by atoms with Crippen molar-refractivity contribution in [2.24, 2.45) is 4.99 Å². The summed E-state index contributed by atoms with van der Waals surface area (Å²) < 4.78 is 8.52. The third kappa shape index (κ3) is 4.29. The molecule has 0 aliphatic rings. The van der Waals surface area contributed by atoms with Gasteiger partial charge in [0.15, 0.2) is 4.80 Å². The molecule has 3 rings (SSSR count). The number of hydrogen-bond donors (Lipinski definition) is 0. The number of aryl methyl sites for hydroxylation is 3. The predicted octanol–water partition coefficient (Wildman–Crippen LogP) is 4.03. The van der Waals surface area contributed by atoms with E-state index >= 15 is 0 Å². The maximum atomic E-state index is 12.4. The number of methoxy groups -OCH3 is 1. The number of rotatable bonds is 6. The smallest absolute Gasteiger partial charge is 0.248 e. The van der Waals surface area contributed by atoms with Crippen molar-refractivity contribution in [3.05, 3.63) is 64.0 Å². The molecule has 0 saturated carbocycles. The highest BCUT2D eigenvalue weighted by atomic mass is 32.1. The summed E-state index contributed by atoms with van der Waals surface area (Å²) in [7, 11) is 1.69. The number of carbonyl (C=O) groups excluding carboxylic acids is 1. The van der Waals surface area contributed by atoms with Crippen LogP contribution < -0.4 is 4.80 Å². The van der Waals surface area contributed by atoms with Crippen molar-refractivity contribution >= 4 is 27.5 Å². The van der Waals surface area contributed by atoms with Gasteiger partial charge < -0.3 is 9.30 Å². The van der Waals surface area contributed by atoms with E-state index < -0.39 is 0 Å². The maximum Gasteiger partial charge on any atom is 0.248 e. The minimum atomic E-state index is -0.0825. The second-order valence-electron chi connectivity index (χ2n) is 6.45. The SMILES string of the molecule is COCCn1c(=NC(=O)CCc2ccccc2)sc2cc(C)cc(C)c21. The fourth-order valence-corrected chi connectivity index (χ4v) is 4.38. The van der Waals surface area contributed by atoms with E-state index in [4.69, 9.17) is 4.74 Å². The molecule has 3 aromatic rings. The molecular formula is C21H24N2O2S. The van der Waals surface area contributed by atoms with Crippen molar-refractivity contribution in [2.45, 2.75) is 33.2 Å². The fourth-order valence-electron chi connectivity index (χ4n) is 3.13. The van der Waals surface area contributed by atoms with E-state index in [-0.39, 0.29) is 5.91 Å². The Morgan fingerprint density at radius 3 is 2.69 bits per heavy atom. The molecule has 26 heavy (non-hydrogen) atoms. The normalized spacial score (nSPS) is 12.0. The lowest BCUT2D eigenvalue weighted by Crippen LogP contribution is -2.19. The number of ether oxygens (including phenoxy) is 1. The van der Waals surface area contributed by atoms with Crippen molar-refractivity contribution in [1.82, 2.24) is 4.57 Å². The molecule has 0 bridgehead atoms. The summed E-state index contributed by atoms with van der Waals surface area (Å²) in [6, 6.07) is 14.4. The molecule has 1 heterocycles. The molecule has 0 atom stereocenters. The molecule has 2 aromatic carbocycles. The molecule has 4 nitrogen and oxygen atoms in total. The van der Waals surface area contributed by atoms with Gasteiger partial charge in [-0.2, -0.15) is 4.99 Å². The van der Waals surface area contributed by atoms with Crippen molar-refractivity contribution in [3.8, 4) is 0 Å². The molecule has 0 saturated heterocycles. The van der Waals surface area contributed by atoms with Gasteiger partial charge >= 0.3 is 0 Å². The molecule has 1 amide bonds. The largest absolute Gasteiger partial charge is 0.383 e. The predicted molar refractivity (Wildman–Crippen MR) is 106 cm³/mol. The Balaban J connectivity index is 1.93. The van der Waals surface area contributed by atoms with E-state index in [1.807, 2.05) is 30.3 Å². The summed E-state index contributed by atoms with van der Waals surface area (Å²) in [5, 5.41) is 0. The van der Waals surface area contributed by atoms with Crippen LogP contribution in [0.1, 0.15) is 23.1 Å². The first-order valence-corrected chi connectivity index (χ1v) is 9.61. The van der Waals surface area contributed by atoms with Gasteiger partial charge in [0.1, 0.15) is 0 Å². The lowest BCUT2D eigenvalue weighted by atomic mass is 10.1. The third-order valence-corrected chi connectivity index (χ3v) is 5.35. The molecule has 0 fully saturated rings. The molecule has 0 radical (unpaired) electrons. The van der Waals surface area contributed by atoms with Crippen LogP contribution in [0.3, 0.4) is 0 Å². The molecule has 0 N–H and O–H groups in total. The second-order valence-corrected chi connectivity index (χ2v) is 7.46. The van der Waals surface area contributed by atoms with Gasteiger partial charge in [0.05, 0.1) is 16.8 Å².